The largest absolute Gasteiger partial charge is 0.481 e. The summed E-state index contributed by atoms with van der Waals surface area (Å²) >= 11 is 3.38. The van der Waals surface area contributed by atoms with Crippen LogP contribution in [0.25, 0.3) is 0 Å². The maximum Gasteiger partial charge on any atom is 0.265 e. The van der Waals surface area contributed by atoms with Crippen molar-refractivity contribution in [3.63, 3.8) is 0 Å². The first-order chi connectivity index (χ1) is 13.0. The number of hydrogen-bond donors (Lipinski definition) is 1. The highest BCUT2D eigenvalue weighted by Crippen LogP contribution is 2.29. The molecule has 0 bridgehead atoms. The van der Waals surface area contributed by atoms with E-state index in [1.165, 1.54) is 0 Å². The summed E-state index contributed by atoms with van der Waals surface area (Å²) in [7, 11) is 0. The summed E-state index contributed by atoms with van der Waals surface area (Å²) < 4.78 is 12.6. The molecule has 138 valence electrons. The van der Waals surface area contributed by atoms with Crippen LogP contribution in [0, 0.1) is 6.92 Å². The number of amides is 1. The van der Waals surface area contributed by atoms with Crippen LogP contribution in [0.3, 0.4) is 0 Å². The standard InChI is InChI=1S/C22H20BrNO3/c1-15-7-11-19(12-8-15)27-21-6-4-3-5-20(21)24-22(25)16(2)26-18-13-9-17(23)10-14-18/h3-14,16H,1-2H3,(H,24,25)/t16-/m0/s1. The van der Waals surface area contributed by atoms with E-state index in [-0.39, 0.29) is 5.91 Å². The van der Waals surface area contributed by atoms with Gasteiger partial charge in [0.15, 0.2) is 11.9 Å². The molecule has 0 aliphatic carbocycles. The molecule has 1 atom stereocenters. The summed E-state index contributed by atoms with van der Waals surface area (Å²) in [6.07, 6.45) is -0.654. The van der Waals surface area contributed by atoms with Crippen molar-refractivity contribution >= 4 is 27.5 Å². The van der Waals surface area contributed by atoms with Gasteiger partial charge in [0.05, 0.1) is 5.69 Å². The van der Waals surface area contributed by atoms with Gasteiger partial charge in [0, 0.05) is 4.47 Å². The molecule has 0 aromatic heterocycles. The van der Waals surface area contributed by atoms with E-state index in [0.29, 0.717) is 22.9 Å². The van der Waals surface area contributed by atoms with Crippen LogP contribution in [0.15, 0.2) is 77.3 Å². The molecule has 0 spiro atoms. The molecule has 27 heavy (non-hydrogen) atoms. The summed E-state index contributed by atoms with van der Waals surface area (Å²) in [6.45, 7) is 3.73. The van der Waals surface area contributed by atoms with Gasteiger partial charge in [0.2, 0.25) is 0 Å². The summed E-state index contributed by atoms with van der Waals surface area (Å²) in [6, 6.07) is 22.4. The molecule has 0 unspecified atom stereocenters. The first-order valence-corrected chi connectivity index (χ1v) is 9.37. The summed E-state index contributed by atoms with van der Waals surface area (Å²) in [5.41, 5.74) is 1.75. The number of rotatable bonds is 6. The van der Waals surface area contributed by atoms with Crippen molar-refractivity contribution in [2.45, 2.75) is 20.0 Å². The molecule has 3 rings (SSSR count). The zero-order chi connectivity index (χ0) is 19.2. The van der Waals surface area contributed by atoms with Crippen molar-refractivity contribution in [3.8, 4) is 17.2 Å². The Hall–Kier alpha value is -2.79. The minimum absolute atomic E-state index is 0.252. The summed E-state index contributed by atoms with van der Waals surface area (Å²) in [5, 5.41) is 2.88. The lowest BCUT2D eigenvalue weighted by molar-refractivity contribution is -0.122. The summed E-state index contributed by atoms with van der Waals surface area (Å²) in [4.78, 5) is 12.5. The molecule has 1 N–H and O–H groups in total. The van der Waals surface area contributed by atoms with Crippen LogP contribution in [-0.2, 0) is 4.79 Å². The Kier molecular flexibility index (Phi) is 6.14. The molecular formula is C22H20BrNO3. The quantitative estimate of drug-likeness (QED) is 0.530. The van der Waals surface area contributed by atoms with E-state index < -0.39 is 6.10 Å². The normalized spacial score (nSPS) is 11.5. The van der Waals surface area contributed by atoms with Crippen LogP contribution in [-0.4, -0.2) is 12.0 Å². The third kappa shape index (κ3) is 5.34. The molecule has 0 aliphatic rings. The van der Waals surface area contributed by atoms with Gasteiger partial charge in [-0.2, -0.15) is 0 Å². The van der Waals surface area contributed by atoms with Crippen molar-refractivity contribution in [1.29, 1.82) is 0 Å². The van der Waals surface area contributed by atoms with Gasteiger partial charge in [-0.15, -0.1) is 0 Å². The SMILES string of the molecule is Cc1ccc(Oc2ccccc2NC(=O)[C@H](C)Oc2ccc(Br)cc2)cc1. The minimum atomic E-state index is -0.654. The third-order valence-corrected chi connectivity index (χ3v) is 4.42. The van der Waals surface area contributed by atoms with Crippen LogP contribution in [0.5, 0.6) is 17.2 Å². The lowest BCUT2D eigenvalue weighted by Crippen LogP contribution is -2.30. The fourth-order valence-corrected chi connectivity index (χ4v) is 2.66. The Morgan fingerprint density at radius 2 is 1.56 bits per heavy atom. The number of benzene rings is 3. The van der Waals surface area contributed by atoms with Crippen LogP contribution in [0.1, 0.15) is 12.5 Å². The van der Waals surface area contributed by atoms with E-state index in [1.807, 2.05) is 73.7 Å². The van der Waals surface area contributed by atoms with Crippen molar-refractivity contribution in [2.24, 2.45) is 0 Å². The highest BCUT2D eigenvalue weighted by atomic mass is 79.9. The van der Waals surface area contributed by atoms with Crippen LogP contribution in [0.4, 0.5) is 5.69 Å². The molecule has 4 nitrogen and oxygen atoms in total. The second-order valence-corrected chi connectivity index (χ2v) is 7.03. The number of ether oxygens (including phenoxy) is 2. The Bertz CT molecular complexity index is 908. The number of nitrogens with one attached hydrogen (secondary N) is 1. The fourth-order valence-electron chi connectivity index (χ4n) is 2.40. The molecule has 0 saturated heterocycles. The van der Waals surface area contributed by atoms with Crippen molar-refractivity contribution in [1.82, 2.24) is 0 Å². The average molecular weight is 426 g/mol. The molecule has 0 heterocycles. The molecule has 3 aromatic rings. The van der Waals surface area contributed by atoms with E-state index >= 15 is 0 Å². The zero-order valence-electron chi connectivity index (χ0n) is 15.1. The maximum atomic E-state index is 12.5. The smallest absolute Gasteiger partial charge is 0.265 e. The predicted octanol–water partition coefficient (Wildman–Crippen LogP) is 5.96. The minimum Gasteiger partial charge on any atom is -0.481 e. The monoisotopic (exact) mass is 425 g/mol. The molecule has 1 amide bonds. The Balaban J connectivity index is 1.68. The van der Waals surface area contributed by atoms with E-state index in [4.69, 9.17) is 9.47 Å². The fraction of sp³-hybridized carbons (Fsp3) is 0.136. The maximum absolute atomic E-state index is 12.5. The second-order valence-electron chi connectivity index (χ2n) is 6.11. The van der Waals surface area contributed by atoms with Crippen LogP contribution in [0.2, 0.25) is 0 Å². The van der Waals surface area contributed by atoms with Crippen LogP contribution >= 0.6 is 15.9 Å². The highest BCUT2D eigenvalue weighted by Gasteiger charge is 2.17. The van der Waals surface area contributed by atoms with Gasteiger partial charge < -0.3 is 14.8 Å². The third-order valence-electron chi connectivity index (χ3n) is 3.89. The average Bonchev–Trinajstić information content (AvgIpc) is 2.67. The van der Waals surface area contributed by atoms with Crippen molar-refractivity contribution in [2.75, 3.05) is 5.32 Å². The zero-order valence-corrected chi connectivity index (χ0v) is 16.7. The molecule has 5 heteroatoms. The lowest BCUT2D eigenvalue weighted by Gasteiger charge is -2.17. The molecule has 0 fully saturated rings. The van der Waals surface area contributed by atoms with Gasteiger partial charge in [0.1, 0.15) is 11.5 Å². The summed E-state index contributed by atoms with van der Waals surface area (Å²) in [5.74, 6) is 1.66. The second kappa shape index (κ2) is 8.73. The first kappa shape index (κ1) is 19.0. The van der Waals surface area contributed by atoms with Gasteiger partial charge in [-0.25, -0.2) is 0 Å². The number of carbonyl (C=O) groups excluding carboxylic acids is 1. The lowest BCUT2D eigenvalue weighted by atomic mass is 10.2. The Morgan fingerprint density at radius 1 is 0.926 bits per heavy atom. The number of halogens is 1. The molecule has 0 saturated carbocycles. The number of carbonyl (C=O) groups is 1. The van der Waals surface area contributed by atoms with Gasteiger partial charge >= 0.3 is 0 Å². The molecular weight excluding hydrogens is 406 g/mol. The number of aryl methyl sites for hydroxylation is 1. The van der Waals surface area contributed by atoms with Gasteiger partial charge in [-0.05, 0) is 62.4 Å². The highest BCUT2D eigenvalue weighted by molar-refractivity contribution is 9.10. The van der Waals surface area contributed by atoms with E-state index in [2.05, 4.69) is 21.2 Å². The molecule has 0 aliphatic heterocycles. The topological polar surface area (TPSA) is 47.6 Å². The first-order valence-electron chi connectivity index (χ1n) is 8.58. The number of para-hydroxylation sites is 2. The molecule has 3 aromatic carbocycles. The Labute approximate surface area is 167 Å². The van der Waals surface area contributed by atoms with Gasteiger partial charge in [-0.3, -0.25) is 4.79 Å². The van der Waals surface area contributed by atoms with E-state index in [1.54, 1.807) is 13.0 Å². The van der Waals surface area contributed by atoms with Crippen molar-refractivity contribution in [3.05, 3.63) is 82.8 Å². The molecule has 0 radical (unpaired) electrons. The predicted molar refractivity (Wildman–Crippen MR) is 111 cm³/mol. The van der Waals surface area contributed by atoms with E-state index in [9.17, 15) is 4.79 Å². The van der Waals surface area contributed by atoms with Gasteiger partial charge in [0.25, 0.3) is 5.91 Å². The number of anilines is 1. The number of hydrogen-bond acceptors (Lipinski definition) is 3. The van der Waals surface area contributed by atoms with Crippen molar-refractivity contribution < 1.29 is 14.3 Å². The van der Waals surface area contributed by atoms with Gasteiger partial charge in [-0.1, -0.05) is 45.8 Å². The van der Waals surface area contributed by atoms with Crippen LogP contribution < -0.4 is 14.8 Å². The van der Waals surface area contributed by atoms with E-state index in [0.717, 1.165) is 10.0 Å². The Morgan fingerprint density at radius 3 is 2.26 bits per heavy atom.